The lowest BCUT2D eigenvalue weighted by Crippen LogP contribution is -2.44. The highest BCUT2D eigenvalue weighted by molar-refractivity contribution is 5.11. The minimum absolute atomic E-state index is 0.233. The van der Waals surface area contributed by atoms with E-state index in [1.54, 1.807) is 6.39 Å². The van der Waals surface area contributed by atoms with Crippen LogP contribution in [-0.4, -0.2) is 22.0 Å². The maximum Gasteiger partial charge on any atom is 0.181 e. The smallest absolute Gasteiger partial charge is 0.181 e. The number of hydrogen-bond donors (Lipinski definition) is 0. The summed E-state index contributed by atoms with van der Waals surface area (Å²) in [6.45, 7) is 8.70. The summed E-state index contributed by atoms with van der Waals surface area (Å²) in [5.41, 5.74) is 1.34. The Kier molecular flexibility index (Phi) is 1.91. The van der Waals surface area contributed by atoms with Gasteiger partial charge in [-0.3, -0.25) is 4.90 Å². The predicted molar refractivity (Wildman–Crippen MR) is 50.4 cm³/mol. The van der Waals surface area contributed by atoms with E-state index in [4.69, 9.17) is 4.42 Å². The molecule has 72 valence electrons. The summed E-state index contributed by atoms with van der Waals surface area (Å²) >= 11 is 0. The van der Waals surface area contributed by atoms with Gasteiger partial charge in [0.2, 0.25) is 0 Å². The molecule has 0 aromatic carbocycles. The van der Waals surface area contributed by atoms with Gasteiger partial charge in [-0.15, -0.1) is 0 Å². The van der Waals surface area contributed by atoms with Gasteiger partial charge in [-0.2, -0.15) is 0 Å². The lowest BCUT2D eigenvalue weighted by molar-refractivity contribution is 0.115. The van der Waals surface area contributed by atoms with Crippen LogP contribution in [0.4, 0.5) is 0 Å². The highest BCUT2D eigenvalue weighted by Crippen LogP contribution is 2.23. The van der Waals surface area contributed by atoms with Gasteiger partial charge in [0.15, 0.2) is 6.39 Å². The van der Waals surface area contributed by atoms with E-state index >= 15 is 0 Å². The largest absolute Gasteiger partial charge is 0.448 e. The number of fused-ring (bicyclic) bond motifs is 1. The Hall–Kier alpha value is -0.830. The average Bonchev–Trinajstić information content (AvgIpc) is 2.47. The lowest BCUT2D eigenvalue weighted by atomic mass is 10.0. The van der Waals surface area contributed by atoms with Crippen molar-refractivity contribution in [3.05, 3.63) is 17.8 Å². The molecule has 0 saturated carbocycles. The van der Waals surface area contributed by atoms with Gasteiger partial charge in [-0.1, -0.05) is 0 Å². The van der Waals surface area contributed by atoms with Crippen molar-refractivity contribution in [1.82, 2.24) is 9.88 Å². The van der Waals surface area contributed by atoms with Gasteiger partial charge in [0.05, 0.1) is 5.69 Å². The van der Waals surface area contributed by atoms with E-state index < -0.39 is 0 Å². The Balaban J connectivity index is 2.18. The van der Waals surface area contributed by atoms with Gasteiger partial charge < -0.3 is 4.42 Å². The first-order valence-corrected chi connectivity index (χ1v) is 4.73. The molecule has 13 heavy (non-hydrogen) atoms. The van der Waals surface area contributed by atoms with E-state index in [0.717, 1.165) is 31.0 Å². The van der Waals surface area contributed by atoms with Crippen LogP contribution < -0.4 is 0 Å². The molecule has 3 nitrogen and oxygen atoms in total. The van der Waals surface area contributed by atoms with Crippen LogP contribution in [0, 0.1) is 0 Å². The second-order valence-corrected chi connectivity index (χ2v) is 4.56. The van der Waals surface area contributed by atoms with Crippen LogP contribution in [0.5, 0.6) is 0 Å². The minimum Gasteiger partial charge on any atom is -0.448 e. The monoisotopic (exact) mass is 180 g/mol. The standard InChI is InChI=1S/C10H16N2O/c1-10(2,3)12-5-4-9-8(6-12)11-7-13-9/h7H,4-6H2,1-3H3. The summed E-state index contributed by atoms with van der Waals surface area (Å²) in [7, 11) is 0. The molecule has 0 saturated heterocycles. The number of aromatic nitrogens is 1. The van der Waals surface area contributed by atoms with Gasteiger partial charge in [0.1, 0.15) is 5.76 Å². The van der Waals surface area contributed by atoms with Crippen LogP contribution in [0.15, 0.2) is 10.8 Å². The Bertz CT molecular complexity index is 298. The first-order chi connectivity index (χ1) is 6.07. The Morgan fingerprint density at radius 2 is 2.23 bits per heavy atom. The topological polar surface area (TPSA) is 29.3 Å². The molecule has 0 spiro atoms. The molecular weight excluding hydrogens is 164 g/mol. The molecule has 0 aliphatic carbocycles. The van der Waals surface area contributed by atoms with Crippen molar-refractivity contribution >= 4 is 0 Å². The number of nitrogens with zero attached hydrogens (tertiary/aromatic N) is 2. The van der Waals surface area contributed by atoms with Crippen molar-refractivity contribution in [2.75, 3.05) is 6.54 Å². The van der Waals surface area contributed by atoms with Crippen LogP contribution >= 0.6 is 0 Å². The van der Waals surface area contributed by atoms with Crippen LogP contribution in [0.1, 0.15) is 32.2 Å². The third-order valence-electron chi connectivity index (χ3n) is 2.62. The van der Waals surface area contributed by atoms with Crippen LogP contribution in [-0.2, 0) is 13.0 Å². The second-order valence-electron chi connectivity index (χ2n) is 4.56. The first-order valence-electron chi connectivity index (χ1n) is 4.73. The molecule has 1 aromatic heterocycles. The molecule has 3 heteroatoms. The van der Waals surface area contributed by atoms with E-state index in [9.17, 15) is 0 Å². The van der Waals surface area contributed by atoms with E-state index in [1.165, 1.54) is 0 Å². The zero-order chi connectivity index (χ0) is 9.47. The maximum absolute atomic E-state index is 5.28. The summed E-state index contributed by atoms with van der Waals surface area (Å²) in [5, 5.41) is 0. The molecule has 0 radical (unpaired) electrons. The zero-order valence-corrected chi connectivity index (χ0v) is 8.50. The second kappa shape index (κ2) is 2.84. The predicted octanol–water partition coefficient (Wildman–Crippen LogP) is 1.83. The molecule has 1 aromatic rings. The van der Waals surface area contributed by atoms with E-state index in [1.807, 2.05) is 0 Å². The van der Waals surface area contributed by atoms with Crippen molar-refractivity contribution in [2.24, 2.45) is 0 Å². The third-order valence-corrected chi connectivity index (χ3v) is 2.62. The number of hydrogen-bond acceptors (Lipinski definition) is 3. The number of rotatable bonds is 0. The van der Waals surface area contributed by atoms with Gasteiger partial charge in [0.25, 0.3) is 0 Å². The SMILES string of the molecule is CC(C)(C)N1CCc2ocnc2C1. The van der Waals surface area contributed by atoms with Crippen molar-refractivity contribution in [3.63, 3.8) is 0 Å². The molecule has 2 heterocycles. The summed E-state index contributed by atoms with van der Waals surface area (Å²) in [5.74, 6) is 1.07. The number of oxazole rings is 1. The summed E-state index contributed by atoms with van der Waals surface area (Å²) < 4.78 is 5.28. The Labute approximate surface area is 78.8 Å². The molecule has 1 aliphatic heterocycles. The van der Waals surface area contributed by atoms with Crippen molar-refractivity contribution in [2.45, 2.75) is 39.3 Å². The summed E-state index contributed by atoms with van der Waals surface area (Å²) in [6, 6.07) is 0. The normalized spacial score (nSPS) is 18.7. The maximum atomic E-state index is 5.28. The molecule has 0 N–H and O–H groups in total. The zero-order valence-electron chi connectivity index (χ0n) is 8.50. The van der Waals surface area contributed by atoms with Gasteiger partial charge in [0, 0.05) is 25.0 Å². The fourth-order valence-corrected chi connectivity index (χ4v) is 1.69. The lowest BCUT2D eigenvalue weighted by Gasteiger charge is -2.37. The van der Waals surface area contributed by atoms with E-state index in [2.05, 4.69) is 30.7 Å². The Morgan fingerprint density at radius 3 is 2.92 bits per heavy atom. The molecule has 0 bridgehead atoms. The third kappa shape index (κ3) is 1.61. The van der Waals surface area contributed by atoms with Crippen LogP contribution in [0.3, 0.4) is 0 Å². The Morgan fingerprint density at radius 1 is 1.46 bits per heavy atom. The van der Waals surface area contributed by atoms with Gasteiger partial charge >= 0.3 is 0 Å². The quantitative estimate of drug-likeness (QED) is 0.610. The summed E-state index contributed by atoms with van der Waals surface area (Å²) in [6.07, 6.45) is 2.55. The van der Waals surface area contributed by atoms with Crippen molar-refractivity contribution < 1.29 is 4.42 Å². The van der Waals surface area contributed by atoms with E-state index in [0.29, 0.717) is 0 Å². The highest BCUT2D eigenvalue weighted by atomic mass is 16.3. The molecule has 0 fully saturated rings. The van der Waals surface area contributed by atoms with Gasteiger partial charge in [-0.25, -0.2) is 4.98 Å². The average molecular weight is 180 g/mol. The van der Waals surface area contributed by atoms with Crippen molar-refractivity contribution in [1.29, 1.82) is 0 Å². The van der Waals surface area contributed by atoms with Crippen molar-refractivity contribution in [3.8, 4) is 0 Å². The fraction of sp³-hybridized carbons (Fsp3) is 0.700. The van der Waals surface area contributed by atoms with Crippen LogP contribution in [0.2, 0.25) is 0 Å². The first kappa shape index (κ1) is 8.75. The molecule has 0 unspecified atom stereocenters. The van der Waals surface area contributed by atoms with Gasteiger partial charge in [-0.05, 0) is 20.8 Å². The molecular formula is C10H16N2O. The molecule has 0 atom stereocenters. The van der Waals surface area contributed by atoms with E-state index in [-0.39, 0.29) is 5.54 Å². The fourth-order valence-electron chi connectivity index (χ4n) is 1.69. The highest BCUT2D eigenvalue weighted by Gasteiger charge is 2.27. The molecule has 2 rings (SSSR count). The molecule has 1 aliphatic rings. The summed E-state index contributed by atoms with van der Waals surface area (Å²) in [4.78, 5) is 6.64. The molecule has 0 amide bonds. The minimum atomic E-state index is 0.233. The van der Waals surface area contributed by atoms with Crippen LogP contribution in [0.25, 0.3) is 0 Å².